The lowest BCUT2D eigenvalue weighted by molar-refractivity contribution is 0.0975. The Bertz CT molecular complexity index is 1130. The number of methoxy groups -OCH3 is 2. The van der Waals surface area contributed by atoms with Gasteiger partial charge in [-0.3, -0.25) is 9.59 Å². The summed E-state index contributed by atoms with van der Waals surface area (Å²) in [6.45, 7) is 1.40. The van der Waals surface area contributed by atoms with Crippen LogP contribution in [0.2, 0.25) is 0 Å². The molecule has 0 heterocycles. The molecule has 0 saturated carbocycles. The van der Waals surface area contributed by atoms with Gasteiger partial charge in [-0.2, -0.15) is 10.5 Å². The highest BCUT2D eigenvalue weighted by Crippen LogP contribution is 2.45. The fourth-order valence-electron chi connectivity index (χ4n) is 3.93. The molecule has 0 aromatic heterocycles. The molecule has 10 nitrogen and oxygen atoms in total. The number of ketones is 2. The van der Waals surface area contributed by atoms with Gasteiger partial charge in [-0.05, 0) is 25.0 Å². The van der Waals surface area contributed by atoms with Crippen molar-refractivity contribution in [1.29, 1.82) is 10.5 Å². The Labute approximate surface area is 196 Å². The second kappa shape index (κ2) is 10.7. The monoisotopic (exact) mass is 464 g/mol. The summed E-state index contributed by atoms with van der Waals surface area (Å²) in [7, 11) is 3.07. The maximum absolute atomic E-state index is 13.6. The molecule has 0 saturated heterocycles. The van der Waals surface area contributed by atoms with Gasteiger partial charge >= 0.3 is 0 Å². The third-order valence-corrected chi connectivity index (χ3v) is 5.45. The number of rotatable bonds is 10. The van der Waals surface area contributed by atoms with Crippen LogP contribution >= 0.6 is 0 Å². The van der Waals surface area contributed by atoms with E-state index in [1.807, 2.05) is 12.1 Å². The topological polar surface area (TPSA) is 165 Å². The number of hydrogen-bond donors (Lipinski definition) is 4. The number of phenolic OH excluding ortho intramolecular Hbond substituents is 2. The van der Waals surface area contributed by atoms with Crippen LogP contribution in [0.5, 0.6) is 11.5 Å². The van der Waals surface area contributed by atoms with Gasteiger partial charge in [-0.25, -0.2) is 0 Å². The summed E-state index contributed by atoms with van der Waals surface area (Å²) in [5, 5.41) is 46.6. The van der Waals surface area contributed by atoms with E-state index >= 15 is 0 Å². The van der Waals surface area contributed by atoms with E-state index in [1.165, 1.54) is 14.2 Å². The van der Waals surface area contributed by atoms with Crippen molar-refractivity contribution in [2.75, 3.05) is 51.2 Å². The fraction of sp³-hybridized carbons (Fsp3) is 0.333. The average Bonchev–Trinajstić information content (AvgIpc) is 2.83. The molecule has 3 rings (SSSR count). The number of carbonyl (C=O) groups excluding carboxylic acids is 2. The van der Waals surface area contributed by atoms with E-state index in [9.17, 15) is 30.3 Å². The average molecular weight is 464 g/mol. The van der Waals surface area contributed by atoms with E-state index in [0.29, 0.717) is 39.1 Å². The third kappa shape index (κ3) is 4.25. The number of hydrogen-bond acceptors (Lipinski definition) is 10. The Balaban J connectivity index is 2.31. The number of ether oxygens (including phenoxy) is 2. The van der Waals surface area contributed by atoms with Crippen molar-refractivity contribution in [3.63, 3.8) is 0 Å². The molecule has 2 aromatic carbocycles. The Morgan fingerprint density at radius 3 is 1.47 bits per heavy atom. The van der Waals surface area contributed by atoms with Gasteiger partial charge in [0, 0.05) is 40.5 Å². The summed E-state index contributed by atoms with van der Waals surface area (Å²) in [6.07, 6.45) is 1.06. The first-order valence-electron chi connectivity index (χ1n) is 10.6. The molecule has 0 bridgehead atoms. The smallest absolute Gasteiger partial charge is 0.200 e. The van der Waals surface area contributed by atoms with Crippen LogP contribution in [-0.2, 0) is 9.47 Å². The first-order chi connectivity index (χ1) is 16.4. The molecular formula is C24H24N4O6. The van der Waals surface area contributed by atoms with Crippen molar-refractivity contribution in [2.45, 2.75) is 12.8 Å². The minimum atomic E-state index is -0.742. The molecule has 0 radical (unpaired) electrons. The van der Waals surface area contributed by atoms with Crippen molar-refractivity contribution in [2.24, 2.45) is 0 Å². The van der Waals surface area contributed by atoms with Crippen molar-refractivity contribution < 1.29 is 29.3 Å². The Morgan fingerprint density at radius 2 is 1.15 bits per heavy atom. The Hall–Kier alpha value is -4.12. The lowest BCUT2D eigenvalue weighted by atomic mass is 9.78. The van der Waals surface area contributed by atoms with Gasteiger partial charge in [-0.1, -0.05) is 0 Å². The molecule has 0 unspecified atom stereocenters. The lowest BCUT2D eigenvalue weighted by Gasteiger charge is -2.26. The number of fused-ring (bicyclic) bond motifs is 2. The van der Waals surface area contributed by atoms with Crippen molar-refractivity contribution in [3.8, 4) is 23.6 Å². The number of nitrogens with zero attached hydrogens (tertiary/aromatic N) is 2. The van der Waals surface area contributed by atoms with Crippen molar-refractivity contribution >= 4 is 22.9 Å². The fourth-order valence-corrected chi connectivity index (χ4v) is 3.93. The predicted molar refractivity (Wildman–Crippen MR) is 122 cm³/mol. The normalized spacial score (nSPS) is 11.9. The van der Waals surface area contributed by atoms with Crippen LogP contribution < -0.4 is 10.6 Å². The Kier molecular flexibility index (Phi) is 7.69. The molecule has 176 valence electrons. The van der Waals surface area contributed by atoms with E-state index in [2.05, 4.69) is 10.6 Å². The second-order valence-electron chi connectivity index (χ2n) is 7.53. The summed E-state index contributed by atoms with van der Waals surface area (Å²) < 4.78 is 10.1. The van der Waals surface area contributed by atoms with Gasteiger partial charge < -0.3 is 30.3 Å². The summed E-state index contributed by atoms with van der Waals surface area (Å²) in [6, 6.07) is 6.19. The maximum Gasteiger partial charge on any atom is 0.200 e. The van der Waals surface area contributed by atoms with Crippen molar-refractivity contribution in [3.05, 3.63) is 45.5 Å². The van der Waals surface area contributed by atoms with Crippen LogP contribution in [0.3, 0.4) is 0 Å². The van der Waals surface area contributed by atoms with E-state index in [1.54, 1.807) is 0 Å². The van der Waals surface area contributed by atoms with Gasteiger partial charge in [-0.15, -0.1) is 0 Å². The number of aromatic hydroxyl groups is 2. The molecule has 1 aliphatic rings. The van der Waals surface area contributed by atoms with Crippen LogP contribution in [-0.4, -0.2) is 62.3 Å². The zero-order chi connectivity index (χ0) is 24.8. The third-order valence-electron chi connectivity index (χ3n) is 5.45. The summed E-state index contributed by atoms with van der Waals surface area (Å²) in [5.41, 5.74) is -1.12. The second-order valence-corrected chi connectivity index (χ2v) is 7.53. The van der Waals surface area contributed by atoms with Crippen LogP contribution in [0.15, 0.2) is 12.1 Å². The predicted octanol–water partition coefficient (Wildman–Crippen LogP) is 2.51. The van der Waals surface area contributed by atoms with Crippen LogP contribution in [0.4, 0.5) is 11.4 Å². The molecule has 2 aromatic rings. The summed E-state index contributed by atoms with van der Waals surface area (Å²) >= 11 is 0. The number of carbonyl (C=O) groups is 2. The first-order valence-corrected chi connectivity index (χ1v) is 10.6. The SMILES string of the molecule is COCCCNc1c(C#N)c(C#N)c(NCCCOC)c2c1C(=O)c1c(O)ccc(O)c1C2=O. The minimum Gasteiger partial charge on any atom is -0.507 e. The van der Waals surface area contributed by atoms with Gasteiger partial charge in [0.2, 0.25) is 11.6 Å². The molecule has 1 aliphatic carbocycles. The van der Waals surface area contributed by atoms with E-state index in [4.69, 9.17) is 9.47 Å². The standard InChI is InChI=1S/C24H24N4O6/c1-33-9-3-7-27-21-13(11-25)14(12-26)22(28-8-4-10-34-2)20-19(21)23(31)17-15(29)5-6-16(30)18(17)24(20)32/h5-6,27-30H,3-4,7-10H2,1-2H3. The summed E-state index contributed by atoms with van der Waals surface area (Å²) in [4.78, 5) is 27.2. The zero-order valence-electron chi connectivity index (χ0n) is 18.8. The van der Waals surface area contributed by atoms with Gasteiger partial charge in [0.25, 0.3) is 0 Å². The summed E-state index contributed by atoms with van der Waals surface area (Å²) in [5.74, 6) is -2.43. The Morgan fingerprint density at radius 1 is 0.765 bits per heavy atom. The molecule has 10 heteroatoms. The largest absolute Gasteiger partial charge is 0.507 e. The molecule has 0 aliphatic heterocycles. The molecule has 0 atom stereocenters. The lowest BCUT2D eigenvalue weighted by Crippen LogP contribution is -2.27. The minimum absolute atomic E-state index is 0.0272. The molecule has 0 amide bonds. The molecule has 0 spiro atoms. The number of phenols is 2. The van der Waals surface area contributed by atoms with Gasteiger partial charge in [0.1, 0.15) is 23.6 Å². The molecule has 4 N–H and O–H groups in total. The van der Waals surface area contributed by atoms with E-state index in [0.717, 1.165) is 12.1 Å². The van der Waals surface area contributed by atoms with Crippen LogP contribution in [0.25, 0.3) is 0 Å². The number of benzene rings is 2. The highest BCUT2D eigenvalue weighted by Gasteiger charge is 2.40. The van der Waals surface area contributed by atoms with Gasteiger partial charge in [0.15, 0.2) is 0 Å². The van der Waals surface area contributed by atoms with Crippen molar-refractivity contribution in [1.82, 2.24) is 0 Å². The first kappa shape index (κ1) is 24.5. The number of nitrogens with one attached hydrogen (secondary N) is 2. The number of nitriles is 2. The van der Waals surface area contributed by atoms with Crippen LogP contribution in [0.1, 0.15) is 55.8 Å². The highest BCUT2D eigenvalue weighted by molar-refractivity contribution is 6.34. The maximum atomic E-state index is 13.6. The molecule has 34 heavy (non-hydrogen) atoms. The van der Waals surface area contributed by atoms with E-state index < -0.39 is 23.1 Å². The zero-order valence-corrected chi connectivity index (χ0v) is 18.8. The quantitative estimate of drug-likeness (QED) is 0.259. The van der Waals surface area contributed by atoms with Crippen LogP contribution in [0, 0.1) is 22.7 Å². The van der Waals surface area contributed by atoms with E-state index in [-0.39, 0.29) is 44.8 Å². The molecule has 0 fully saturated rings. The number of anilines is 2. The highest BCUT2D eigenvalue weighted by atomic mass is 16.5. The van der Waals surface area contributed by atoms with Gasteiger partial charge in [0.05, 0.1) is 44.8 Å². The molecular weight excluding hydrogens is 440 g/mol.